The summed E-state index contributed by atoms with van der Waals surface area (Å²) in [6.07, 6.45) is -0.521. The van der Waals surface area contributed by atoms with E-state index in [1.807, 2.05) is 0 Å². The molecule has 2 aliphatic carbocycles. The molecule has 0 N–H and O–H groups in total. The van der Waals surface area contributed by atoms with Crippen LogP contribution in [0.15, 0.2) is 0 Å². The van der Waals surface area contributed by atoms with Crippen LogP contribution < -0.4 is 0 Å². The maximum atomic E-state index is 14.1. The molecular weight excluding hydrogens is 258 g/mol. The van der Waals surface area contributed by atoms with Gasteiger partial charge in [0.05, 0.1) is 5.41 Å². The van der Waals surface area contributed by atoms with Crippen molar-refractivity contribution >= 4 is 0 Å². The summed E-state index contributed by atoms with van der Waals surface area (Å²) >= 11 is 0. The molecule has 110 valence electrons. The van der Waals surface area contributed by atoms with Gasteiger partial charge in [-0.2, -0.15) is 13.2 Å². The van der Waals surface area contributed by atoms with Crippen molar-refractivity contribution in [3.05, 3.63) is 0 Å². The van der Waals surface area contributed by atoms with Crippen LogP contribution >= 0.6 is 0 Å². The fourth-order valence-electron chi connectivity index (χ4n) is 3.32. The first-order valence-corrected chi connectivity index (χ1v) is 7.33. The Morgan fingerprint density at radius 1 is 1.11 bits per heavy atom. The van der Waals surface area contributed by atoms with Crippen molar-refractivity contribution in [2.24, 2.45) is 17.3 Å². The molecule has 19 heavy (non-hydrogen) atoms. The van der Waals surface area contributed by atoms with E-state index in [2.05, 4.69) is 0 Å². The van der Waals surface area contributed by atoms with Crippen LogP contribution in [0.2, 0.25) is 0 Å². The van der Waals surface area contributed by atoms with E-state index in [9.17, 15) is 17.6 Å². The lowest BCUT2D eigenvalue weighted by Crippen LogP contribution is -2.46. The average Bonchev–Trinajstić information content (AvgIpc) is 3.16. The lowest BCUT2D eigenvalue weighted by Gasteiger charge is -2.37. The molecule has 1 aliphatic heterocycles. The second-order valence-electron chi connectivity index (χ2n) is 6.76. The van der Waals surface area contributed by atoms with E-state index < -0.39 is 17.8 Å². The van der Waals surface area contributed by atoms with Gasteiger partial charge < -0.3 is 0 Å². The number of nitrogens with zero attached hydrogens (tertiary/aromatic N) is 1. The molecule has 0 aromatic rings. The van der Waals surface area contributed by atoms with Gasteiger partial charge >= 0.3 is 6.18 Å². The molecule has 0 radical (unpaired) electrons. The van der Waals surface area contributed by atoms with Gasteiger partial charge in [0.1, 0.15) is 6.17 Å². The first-order valence-electron chi connectivity index (χ1n) is 7.33. The molecule has 2 saturated carbocycles. The standard InChI is InChI=1S/C14H21F4N/c15-12-8-19(6-3-11(12)7-10-1-2-10)9-13(4-5-13)14(16,17)18/h10-12H,1-9H2/t11-,12-/m0/s1. The molecule has 3 fully saturated rings. The zero-order valence-corrected chi connectivity index (χ0v) is 11.1. The highest BCUT2D eigenvalue weighted by Gasteiger charge is 2.63. The predicted octanol–water partition coefficient (Wildman–Crippen LogP) is 3.79. The van der Waals surface area contributed by atoms with Crippen molar-refractivity contribution in [1.82, 2.24) is 4.90 Å². The Bertz CT molecular complexity index is 333. The first-order chi connectivity index (χ1) is 8.90. The third kappa shape index (κ3) is 2.91. The number of rotatable bonds is 4. The third-order valence-electron chi connectivity index (χ3n) is 5.07. The van der Waals surface area contributed by atoms with Crippen molar-refractivity contribution < 1.29 is 17.6 Å². The summed E-state index contributed by atoms with van der Waals surface area (Å²) in [7, 11) is 0. The SMILES string of the molecule is F[C@H]1CN(CC2(C(F)(F)F)CC2)CC[C@H]1CC1CC1. The van der Waals surface area contributed by atoms with E-state index in [-0.39, 0.29) is 31.8 Å². The molecule has 5 heteroatoms. The molecule has 0 bridgehead atoms. The van der Waals surface area contributed by atoms with E-state index in [1.54, 1.807) is 4.90 Å². The zero-order valence-electron chi connectivity index (χ0n) is 11.1. The van der Waals surface area contributed by atoms with E-state index in [4.69, 9.17) is 0 Å². The Morgan fingerprint density at radius 2 is 1.79 bits per heavy atom. The summed E-state index contributed by atoms with van der Waals surface area (Å²) in [6, 6.07) is 0. The minimum absolute atomic E-state index is 0.00701. The number of likely N-dealkylation sites (tertiary alicyclic amines) is 1. The van der Waals surface area contributed by atoms with Crippen molar-refractivity contribution in [1.29, 1.82) is 0 Å². The molecular formula is C14H21F4N. The van der Waals surface area contributed by atoms with Crippen LogP contribution in [0.25, 0.3) is 0 Å². The van der Waals surface area contributed by atoms with E-state index in [0.717, 1.165) is 12.8 Å². The fraction of sp³-hybridized carbons (Fsp3) is 1.00. The van der Waals surface area contributed by atoms with Crippen LogP contribution in [-0.4, -0.2) is 36.9 Å². The summed E-state index contributed by atoms with van der Waals surface area (Å²) in [5.74, 6) is 0.782. The zero-order chi connectivity index (χ0) is 13.7. The molecule has 0 unspecified atom stereocenters. The van der Waals surface area contributed by atoms with E-state index >= 15 is 0 Å². The lowest BCUT2D eigenvalue weighted by atomic mass is 9.89. The number of halogens is 4. The van der Waals surface area contributed by atoms with Crippen molar-refractivity contribution in [3.63, 3.8) is 0 Å². The quantitative estimate of drug-likeness (QED) is 0.708. The molecule has 0 aromatic heterocycles. The van der Waals surface area contributed by atoms with Gasteiger partial charge in [-0.3, -0.25) is 4.90 Å². The number of hydrogen-bond donors (Lipinski definition) is 0. The third-order valence-corrected chi connectivity index (χ3v) is 5.07. The molecule has 2 atom stereocenters. The number of hydrogen-bond acceptors (Lipinski definition) is 1. The van der Waals surface area contributed by atoms with Crippen LogP contribution in [0.5, 0.6) is 0 Å². The van der Waals surface area contributed by atoms with Crippen LogP contribution in [0.4, 0.5) is 17.6 Å². The maximum Gasteiger partial charge on any atom is 0.395 e. The topological polar surface area (TPSA) is 3.24 Å². The summed E-state index contributed by atoms with van der Waals surface area (Å²) in [6.45, 7) is 0.845. The van der Waals surface area contributed by atoms with Crippen molar-refractivity contribution in [2.45, 2.75) is 50.9 Å². The Balaban J connectivity index is 1.51. The summed E-state index contributed by atoms with van der Waals surface area (Å²) in [5.41, 5.74) is -1.52. The van der Waals surface area contributed by atoms with Gasteiger partial charge in [-0.05, 0) is 44.1 Å². The van der Waals surface area contributed by atoms with Gasteiger partial charge in [-0.1, -0.05) is 12.8 Å². The number of alkyl halides is 4. The van der Waals surface area contributed by atoms with Gasteiger partial charge in [-0.25, -0.2) is 4.39 Å². The highest BCUT2D eigenvalue weighted by Crippen LogP contribution is 2.58. The Hall–Kier alpha value is -0.320. The second-order valence-corrected chi connectivity index (χ2v) is 6.76. The average molecular weight is 279 g/mol. The summed E-state index contributed by atoms with van der Waals surface area (Å²) in [4.78, 5) is 1.70. The van der Waals surface area contributed by atoms with Crippen LogP contribution in [-0.2, 0) is 0 Å². The maximum absolute atomic E-state index is 14.1. The van der Waals surface area contributed by atoms with E-state index in [0.29, 0.717) is 12.5 Å². The van der Waals surface area contributed by atoms with Gasteiger partial charge in [0.15, 0.2) is 0 Å². The summed E-state index contributed by atoms with van der Waals surface area (Å²) in [5, 5.41) is 0. The fourth-order valence-corrected chi connectivity index (χ4v) is 3.32. The molecule has 1 heterocycles. The minimum atomic E-state index is -4.12. The van der Waals surface area contributed by atoms with Crippen LogP contribution in [0, 0.1) is 17.3 Å². The van der Waals surface area contributed by atoms with Crippen LogP contribution in [0.1, 0.15) is 38.5 Å². The molecule has 0 amide bonds. The molecule has 0 spiro atoms. The largest absolute Gasteiger partial charge is 0.395 e. The van der Waals surface area contributed by atoms with Gasteiger partial charge in [-0.15, -0.1) is 0 Å². The lowest BCUT2D eigenvalue weighted by molar-refractivity contribution is -0.193. The Morgan fingerprint density at radius 3 is 2.26 bits per heavy atom. The normalized spacial score (nSPS) is 35.4. The minimum Gasteiger partial charge on any atom is -0.300 e. The van der Waals surface area contributed by atoms with Crippen molar-refractivity contribution in [3.8, 4) is 0 Å². The van der Waals surface area contributed by atoms with Crippen LogP contribution in [0.3, 0.4) is 0 Å². The van der Waals surface area contributed by atoms with Gasteiger partial charge in [0.25, 0.3) is 0 Å². The first kappa shape index (κ1) is 13.7. The molecule has 1 nitrogen and oxygen atoms in total. The molecule has 0 aromatic carbocycles. The number of piperidine rings is 1. The van der Waals surface area contributed by atoms with Crippen molar-refractivity contribution in [2.75, 3.05) is 19.6 Å². The summed E-state index contributed by atoms with van der Waals surface area (Å²) < 4.78 is 52.7. The van der Waals surface area contributed by atoms with Gasteiger partial charge in [0.2, 0.25) is 0 Å². The van der Waals surface area contributed by atoms with Gasteiger partial charge in [0, 0.05) is 13.1 Å². The Kier molecular flexibility index (Phi) is 3.31. The predicted molar refractivity (Wildman–Crippen MR) is 64.5 cm³/mol. The second kappa shape index (κ2) is 4.61. The monoisotopic (exact) mass is 279 g/mol. The molecule has 3 rings (SSSR count). The highest BCUT2D eigenvalue weighted by atomic mass is 19.4. The molecule has 3 aliphatic rings. The Labute approximate surface area is 111 Å². The highest BCUT2D eigenvalue weighted by molar-refractivity contribution is 5.02. The smallest absolute Gasteiger partial charge is 0.300 e. The molecule has 1 saturated heterocycles. The van der Waals surface area contributed by atoms with E-state index in [1.165, 1.54) is 12.8 Å².